The lowest BCUT2D eigenvalue weighted by Gasteiger charge is -2.11. The Bertz CT molecular complexity index is 3230. The van der Waals surface area contributed by atoms with E-state index in [1.807, 2.05) is 59.9 Å². The third-order valence-electron chi connectivity index (χ3n) is 10.5. The molecule has 0 atom stereocenters. The average Bonchev–Trinajstić information content (AvgIpc) is 3.85. The number of rotatable bonds is 6. The van der Waals surface area contributed by atoms with Crippen LogP contribution in [-0.2, 0) is 0 Å². The Morgan fingerprint density at radius 2 is 0.893 bits per heavy atom. The number of thiophene rings is 1. The molecule has 0 fully saturated rings. The van der Waals surface area contributed by atoms with Gasteiger partial charge in [-0.05, 0) is 57.6 Å². The molecule has 56 heavy (non-hydrogen) atoms. The van der Waals surface area contributed by atoms with Gasteiger partial charge in [-0.1, -0.05) is 164 Å². The summed E-state index contributed by atoms with van der Waals surface area (Å²) in [6.07, 6.45) is 0. The van der Waals surface area contributed by atoms with Crippen LogP contribution in [0.15, 0.2) is 192 Å². The van der Waals surface area contributed by atoms with E-state index in [-0.39, 0.29) is 0 Å². The van der Waals surface area contributed by atoms with E-state index in [0.717, 1.165) is 60.9 Å². The molecule has 5 heteroatoms. The highest BCUT2D eigenvalue weighted by molar-refractivity contribution is 7.26. The Morgan fingerprint density at radius 1 is 0.339 bits per heavy atom. The van der Waals surface area contributed by atoms with Gasteiger partial charge in [-0.3, -0.25) is 0 Å². The van der Waals surface area contributed by atoms with Crippen LogP contribution in [0.5, 0.6) is 0 Å². The van der Waals surface area contributed by atoms with Crippen molar-refractivity contribution in [2.24, 2.45) is 0 Å². The van der Waals surface area contributed by atoms with Crippen molar-refractivity contribution in [3.05, 3.63) is 188 Å². The number of hydrogen-bond acceptors (Lipinski definition) is 5. The van der Waals surface area contributed by atoms with Gasteiger partial charge in [0.2, 0.25) is 0 Å². The molecule has 0 saturated heterocycles. The fourth-order valence-corrected chi connectivity index (χ4v) is 9.09. The zero-order valence-corrected chi connectivity index (χ0v) is 30.9. The Kier molecular flexibility index (Phi) is 7.64. The smallest absolute Gasteiger partial charge is 0.164 e. The normalized spacial score (nSPS) is 11.6. The SMILES string of the molecule is c1ccc(-c2ccc(-c3nc(-c4ccccc4)nc(-c4cc(-c5ccc6c(c5)sc5c(-c7ccccc7)cccc56)c5c(c4)oc4ccccc45)n3)cc2)cc1. The highest BCUT2D eigenvalue weighted by Gasteiger charge is 2.20. The van der Waals surface area contributed by atoms with Crippen molar-refractivity contribution in [1.82, 2.24) is 15.0 Å². The minimum atomic E-state index is 0.583. The molecule has 0 aliphatic heterocycles. The van der Waals surface area contributed by atoms with Gasteiger partial charge in [0.1, 0.15) is 11.2 Å². The lowest BCUT2D eigenvalue weighted by molar-refractivity contribution is 0.669. The minimum absolute atomic E-state index is 0.583. The maximum atomic E-state index is 6.59. The predicted molar refractivity (Wildman–Crippen MR) is 233 cm³/mol. The van der Waals surface area contributed by atoms with E-state index in [4.69, 9.17) is 19.4 Å². The van der Waals surface area contributed by atoms with E-state index in [0.29, 0.717) is 17.5 Å². The summed E-state index contributed by atoms with van der Waals surface area (Å²) in [5.41, 5.74) is 11.3. The van der Waals surface area contributed by atoms with E-state index < -0.39 is 0 Å². The van der Waals surface area contributed by atoms with Crippen LogP contribution >= 0.6 is 11.3 Å². The number of nitrogens with zero attached hydrogens (tertiary/aromatic N) is 3. The molecule has 0 radical (unpaired) electrons. The first-order valence-electron chi connectivity index (χ1n) is 18.7. The second-order valence-corrected chi connectivity index (χ2v) is 15.0. The summed E-state index contributed by atoms with van der Waals surface area (Å²) in [6, 6.07) is 65.6. The number of aromatic nitrogens is 3. The van der Waals surface area contributed by atoms with E-state index in [2.05, 4.69) is 140 Å². The minimum Gasteiger partial charge on any atom is -0.456 e. The maximum absolute atomic E-state index is 6.59. The van der Waals surface area contributed by atoms with Crippen LogP contribution in [0.4, 0.5) is 0 Å². The molecule has 0 saturated carbocycles. The van der Waals surface area contributed by atoms with Gasteiger partial charge in [-0.15, -0.1) is 11.3 Å². The summed E-state index contributed by atoms with van der Waals surface area (Å²) >= 11 is 1.85. The van der Waals surface area contributed by atoms with Gasteiger partial charge >= 0.3 is 0 Å². The molecular formula is C51H31N3OS. The summed E-state index contributed by atoms with van der Waals surface area (Å²) in [6.45, 7) is 0. The van der Waals surface area contributed by atoms with Gasteiger partial charge in [-0.25, -0.2) is 15.0 Å². The van der Waals surface area contributed by atoms with Gasteiger partial charge < -0.3 is 4.42 Å². The van der Waals surface area contributed by atoms with Crippen molar-refractivity contribution in [3.8, 4) is 67.5 Å². The van der Waals surface area contributed by atoms with Crippen molar-refractivity contribution in [3.63, 3.8) is 0 Å². The zero-order valence-electron chi connectivity index (χ0n) is 30.1. The Hall–Kier alpha value is -7.21. The molecule has 11 aromatic rings. The number of furan rings is 1. The number of hydrogen-bond donors (Lipinski definition) is 0. The van der Waals surface area contributed by atoms with Crippen molar-refractivity contribution in [2.75, 3.05) is 0 Å². The average molecular weight is 734 g/mol. The topological polar surface area (TPSA) is 51.8 Å². The lowest BCUT2D eigenvalue weighted by atomic mass is 9.95. The molecule has 0 N–H and O–H groups in total. The summed E-state index contributed by atoms with van der Waals surface area (Å²) < 4.78 is 9.12. The molecule has 4 nitrogen and oxygen atoms in total. The molecule has 0 unspecified atom stereocenters. The highest BCUT2D eigenvalue weighted by atomic mass is 32.1. The molecule has 3 aromatic heterocycles. The summed E-state index contributed by atoms with van der Waals surface area (Å²) in [4.78, 5) is 15.3. The van der Waals surface area contributed by atoms with Gasteiger partial charge in [0.05, 0.1) is 0 Å². The first-order valence-corrected chi connectivity index (χ1v) is 19.5. The van der Waals surface area contributed by atoms with Crippen molar-refractivity contribution >= 4 is 53.4 Å². The van der Waals surface area contributed by atoms with E-state index in [9.17, 15) is 0 Å². The first kappa shape index (κ1) is 32.2. The van der Waals surface area contributed by atoms with Crippen LogP contribution in [0, 0.1) is 0 Å². The number of benzene rings is 8. The molecule has 11 rings (SSSR count). The largest absolute Gasteiger partial charge is 0.456 e. The van der Waals surface area contributed by atoms with E-state index >= 15 is 0 Å². The fourth-order valence-electron chi connectivity index (χ4n) is 7.81. The van der Waals surface area contributed by atoms with Crippen molar-refractivity contribution < 1.29 is 4.42 Å². The molecule has 0 amide bonds. The Balaban J connectivity index is 1.10. The van der Waals surface area contributed by atoms with E-state index in [1.165, 1.54) is 31.3 Å². The monoisotopic (exact) mass is 733 g/mol. The lowest BCUT2D eigenvalue weighted by Crippen LogP contribution is -2.00. The second kappa shape index (κ2) is 13.3. The summed E-state index contributed by atoms with van der Waals surface area (Å²) in [5.74, 6) is 1.81. The van der Waals surface area contributed by atoms with Crippen molar-refractivity contribution in [1.29, 1.82) is 0 Å². The van der Waals surface area contributed by atoms with E-state index in [1.54, 1.807) is 0 Å². The molecule has 262 valence electrons. The predicted octanol–water partition coefficient (Wildman–Crippen LogP) is 14.1. The molecule has 0 spiro atoms. The summed E-state index contributed by atoms with van der Waals surface area (Å²) in [7, 11) is 0. The molecule has 0 bridgehead atoms. The standard InChI is InChI=1S/C51H31N3OS/c1-4-13-32(14-5-1)33-23-25-36(26-24-33)50-52-49(35-17-8-3-9-18-35)53-51(54-50)38-29-43(47-42-19-10-11-22-44(42)55-45(47)30-38)37-27-28-40-41-21-12-20-39(34-15-6-2-7-16-34)48(41)56-46(40)31-37/h1-31H. The van der Waals surface area contributed by atoms with Crippen LogP contribution in [0.1, 0.15) is 0 Å². The highest BCUT2D eigenvalue weighted by Crippen LogP contribution is 2.44. The van der Waals surface area contributed by atoms with Gasteiger partial charge in [-0.2, -0.15) is 0 Å². The number of fused-ring (bicyclic) bond motifs is 6. The maximum Gasteiger partial charge on any atom is 0.164 e. The van der Waals surface area contributed by atoms with Crippen LogP contribution in [0.25, 0.3) is 110 Å². The quantitative estimate of drug-likeness (QED) is 0.171. The first-order chi connectivity index (χ1) is 27.7. The molecule has 3 heterocycles. The van der Waals surface area contributed by atoms with Crippen LogP contribution in [-0.4, -0.2) is 15.0 Å². The second-order valence-electron chi connectivity index (χ2n) is 14.0. The zero-order chi connectivity index (χ0) is 37.0. The summed E-state index contributed by atoms with van der Waals surface area (Å²) in [5, 5.41) is 4.67. The third kappa shape index (κ3) is 5.56. The van der Waals surface area contributed by atoms with Crippen LogP contribution in [0.2, 0.25) is 0 Å². The molecule has 8 aromatic carbocycles. The van der Waals surface area contributed by atoms with Crippen LogP contribution < -0.4 is 0 Å². The number of para-hydroxylation sites is 1. The molecular weight excluding hydrogens is 703 g/mol. The van der Waals surface area contributed by atoms with Crippen molar-refractivity contribution in [2.45, 2.75) is 0 Å². The van der Waals surface area contributed by atoms with Gasteiger partial charge in [0, 0.05) is 47.6 Å². The third-order valence-corrected chi connectivity index (χ3v) is 11.8. The molecule has 0 aliphatic rings. The van der Waals surface area contributed by atoms with Gasteiger partial charge in [0.15, 0.2) is 17.5 Å². The van der Waals surface area contributed by atoms with Crippen LogP contribution in [0.3, 0.4) is 0 Å². The Labute approximate surface area is 327 Å². The fraction of sp³-hybridized carbons (Fsp3) is 0. The Morgan fingerprint density at radius 3 is 1.62 bits per heavy atom. The molecule has 0 aliphatic carbocycles. The van der Waals surface area contributed by atoms with Gasteiger partial charge in [0.25, 0.3) is 0 Å².